The van der Waals surface area contributed by atoms with Gasteiger partial charge in [-0.05, 0) is 18.6 Å². The lowest BCUT2D eigenvalue weighted by Crippen LogP contribution is -2.18. The third kappa shape index (κ3) is 5.98. The number of rotatable bonds is 7. The lowest BCUT2D eigenvalue weighted by Gasteiger charge is -2.08. The second-order valence-electron chi connectivity index (χ2n) is 6.18. The van der Waals surface area contributed by atoms with Crippen molar-refractivity contribution >= 4 is 23.5 Å². The molecule has 0 saturated heterocycles. The Bertz CT molecular complexity index is 758. The largest absolute Gasteiger partial charge is 0.352 e. The maximum Gasteiger partial charge on any atom is 0.217 e. The average Bonchev–Trinajstić information content (AvgIpc) is 2.57. The van der Waals surface area contributed by atoms with Gasteiger partial charge in [-0.25, -0.2) is 9.97 Å². The van der Waals surface area contributed by atoms with Crippen molar-refractivity contribution < 1.29 is 9.59 Å². The number of benzene rings is 1. The van der Waals surface area contributed by atoms with Gasteiger partial charge in [0.2, 0.25) is 5.91 Å². The van der Waals surface area contributed by atoms with Crippen molar-refractivity contribution in [3.63, 3.8) is 0 Å². The Morgan fingerprint density at radius 2 is 1.84 bits per heavy atom. The predicted octanol–water partition coefficient (Wildman–Crippen LogP) is 3.52. The number of amides is 1. The smallest absolute Gasteiger partial charge is 0.217 e. The van der Waals surface area contributed by atoms with E-state index in [2.05, 4.69) is 29.1 Å². The highest BCUT2D eigenvalue weighted by Gasteiger charge is 2.10. The van der Waals surface area contributed by atoms with Crippen LogP contribution in [0.3, 0.4) is 0 Å². The molecule has 2 aromatic rings. The van der Waals surface area contributed by atoms with Crippen molar-refractivity contribution in [3.8, 4) is 0 Å². The lowest BCUT2D eigenvalue weighted by molar-refractivity contribution is -0.119. The first-order valence-corrected chi connectivity index (χ1v) is 9.18. The van der Waals surface area contributed by atoms with Gasteiger partial charge in [-0.1, -0.05) is 49.9 Å². The summed E-state index contributed by atoms with van der Waals surface area (Å²) in [4.78, 5) is 32.2. The SMILES string of the molecule is CC(=O)NCc1ccc(C(=O)CSc2cc(C)nc(C(C)C)n2)cc1. The van der Waals surface area contributed by atoms with E-state index in [0.29, 0.717) is 17.9 Å². The average molecular weight is 357 g/mol. The first-order valence-electron chi connectivity index (χ1n) is 8.20. The number of aromatic nitrogens is 2. The third-order valence-electron chi connectivity index (χ3n) is 3.53. The molecule has 0 aliphatic rings. The molecule has 25 heavy (non-hydrogen) atoms. The maximum absolute atomic E-state index is 12.4. The lowest BCUT2D eigenvalue weighted by atomic mass is 10.1. The van der Waals surface area contributed by atoms with Crippen molar-refractivity contribution in [2.24, 2.45) is 0 Å². The second kappa shape index (κ2) is 8.76. The zero-order chi connectivity index (χ0) is 18.4. The van der Waals surface area contributed by atoms with E-state index in [-0.39, 0.29) is 17.6 Å². The summed E-state index contributed by atoms with van der Waals surface area (Å²) in [5.74, 6) is 1.37. The van der Waals surface area contributed by atoms with Crippen molar-refractivity contribution in [3.05, 3.63) is 53.0 Å². The van der Waals surface area contributed by atoms with Gasteiger partial charge in [0.05, 0.1) is 5.75 Å². The number of thioether (sulfide) groups is 1. The summed E-state index contributed by atoms with van der Waals surface area (Å²) >= 11 is 1.43. The molecule has 0 aliphatic heterocycles. The van der Waals surface area contributed by atoms with Crippen LogP contribution in [-0.2, 0) is 11.3 Å². The van der Waals surface area contributed by atoms with Crippen molar-refractivity contribution in [2.45, 2.75) is 45.2 Å². The molecule has 1 N–H and O–H groups in total. The van der Waals surface area contributed by atoms with E-state index in [1.54, 1.807) is 12.1 Å². The molecule has 0 fully saturated rings. The molecule has 5 nitrogen and oxygen atoms in total. The molecule has 0 aliphatic carbocycles. The fourth-order valence-corrected chi connectivity index (χ4v) is 3.01. The number of nitrogens with zero attached hydrogens (tertiary/aromatic N) is 2. The van der Waals surface area contributed by atoms with Crippen LogP contribution in [0.2, 0.25) is 0 Å². The zero-order valence-corrected chi connectivity index (χ0v) is 15.8. The van der Waals surface area contributed by atoms with Crippen molar-refractivity contribution in [2.75, 3.05) is 5.75 Å². The highest BCUT2D eigenvalue weighted by atomic mass is 32.2. The number of nitrogens with one attached hydrogen (secondary N) is 1. The number of carbonyl (C=O) groups is 2. The molecule has 0 bridgehead atoms. The standard InChI is InChI=1S/C19H23N3O2S/c1-12(2)19-21-13(3)9-18(22-19)25-11-17(24)16-7-5-15(6-8-16)10-20-14(4)23/h5-9,12H,10-11H2,1-4H3,(H,20,23). The van der Waals surface area contributed by atoms with E-state index >= 15 is 0 Å². The van der Waals surface area contributed by atoms with Gasteiger partial charge in [-0.2, -0.15) is 0 Å². The molecule has 132 valence electrons. The molecule has 1 amide bonds. The molecular formula is C19H23N3O2S. The van der Waals surface area contributed by atoms with Gasteiger partial charge in [-0.3, -0.25) is 9.59 Å². The topological polar surface area (TPSA) is 72.0 Å². The molecule has 1 aromatic carbocycles. The summed E-state index contributed by atoms with van der Waals surface area (Å²) in [5.41, 5.74) is 2.54. The normalized spacial score (nSPS) is 10.8. The Hall–Kier alpha value is -2.21. The molecule has 0 atom stereocenters. The summed E-state index contributed by atoms with van der Waals surface area (Å²) in [5, 5.41) is 3.56. The fourth-order valence-electron chi connectivity index (χ4n) is 2.15. The Balaban J connectivity index is 1.97. The molecule has 6 heteroatoms. The first kappa shape index (κ1) is 19.1. The summed E-state index contributed by atoms with van der Waals surface area (Å²) in [7, 11) is 0. The van der Waals surface area contributed by atoms with Crippen LogP contribution in [0, 0.1) is 6.92 Å². The zero-order valence-electron chi connectivity index (χ0n) is 15.0. The first-order chi connectivity index (χ1) is 11.8. The van der Waals surface area contributed by atoms with Gasteiger partial charge < -0.3 is 5.32 Å². The van der Waals surface area contributed by atoms with Crippen LogP contribution in [0.25, 0.3) is 0 Å². The van der Waals surface area contributed by atoms with Crippen molar-refractivity contribution in [1.29, 1.82) is 0 Å². The van der Waals surface area contributed by atoms with E-state index in [0.717, 1.165) is 22.1 Å². The number of Topliss-reactive ketones (excluding diaryl/α,β-unsaturated/α-hetero) is 1. The summed E-state index contributed by atoms with van der Waals surface area (Å²) < 4.78 is 0. The number of aryl methyl sites for hydroxylation is 1. The molecule has 0 saturated carbocycles. The molecule has 0 radical (unpaired) electrons. The molecular weight excluding hydrogens is 334 g/mol. The highest BCUT2D eigenvalue weighted by Crippen LogP contribution is 2.20. The quantitative estimate of drug-likeness (QED) is 0.466. The van der Waals surface area contributed by atoms with Crippen molar-refractivity contribution in [1.82, 2.24) is 15.3 Å². The van der Waals surface area contributed by atoms with Gasteiger partial charge in [0.1, 0.15) is 10.9 Å². The minimum absolute atomic E-state index is 0.0541. The molecule has 0 spiro atoms. The third-order valence-corrected chi connectivity index (χ3v) is 4.44. The monoisotopic (exact) mass is 357 g/mol. The van der Waals surface area contributed by atoms with Gasteiger partial charge in [0.25, 0.3) is 0 Å². The van der Waals surface area contributed by atoms with E-state index in [1.165, 1.54) is 18.7 Å². The number of ketones is 1. The molecule has 2 rings (SSSR count). The van der Waals surface area contributed by atoms with Crippen LogP contribution < -0.4 is 5.32 Å². The molecule has 0 unspecified atom stereocenters. The summed E-state index contributed by atoms with van der Waals surface area (Å²) in [6.07, 6.45) is 0. The Morgan fingerprint density at radius 1 is 1.16 bits per heavy atom. The minimum Gasteiger partial charge on any atom is -0.352 e. The maximum atomic E-state index is 12.4. The molecule has 1 heterocycles. The Morgan fingerprint density at radius 3 is 2.44 bits per heavy atom. The number of hydrogen-bond acceptors (Lipinski definition) is 5. The van der Waals surface area contributed by atoms with Gasteiger partial charge in [-0.15, -0.1) is 0 Å². The van der Waals surface area contributed by atoms with Crippen LogP contribution >= 0.6 is 11.8 Å². The molecule has 1 aromatic heterocycles. The second-order valence-corrected chi connectivity index (χ2v) is 7.17. The van der Waals surface area contributed by atoms with Gasteiger partial charge in [0.15, 0.2) is 5.78 Å². The summed E-state index contributed by atoms with van der Waals surface area (Å²) in [6.45, 7) is 7.99. The van der Waals surface area contributed by atoms with Crippen LogP contribution in [0.5, 0.6) is 0 Å². The number of hydrogen-bond donors (Lipinski definition) is 1. The van der Waals surface area contributed by atoms with E-state index in [1.807, 2.05) is 25.1 Å². The van der Waals surface area contributed by atoms with Crippen LogP contribution in [0.1, 0.15) is 54.1 Å². The van der Waals surface area contributed by atoms with Crippen LogP contribution in [0.4, 0.5) is 0 Å². The summed E-state index contributed by atoms with van der Waals surface area (Å²) in [6, 6.07) is 9.22. The van der Waals surface area contributed by atoms with E-state index in [9.17, 15) is 9.59 Å². The van der Waals surface area contributed by atoms with Gasteiger partial charge in [0, 0.05) is 30.6 Å². The Kier molecular flexibility index (Phi) is 6.70. The van der Waals surface area contributed by atoms with Gasteiger partial charge >= 0.3 is 0 Å². The van der Waals surface area contributed by atoms with Crippen LogP contribution in [-0.4, -0.2) is 27.4 Å². The number of carbonyl (C=O) groups excluding carboxylic acids is 2. The minimum atomic E-state index is -0.0718. The Labute approximate surface area is 152 Å². The highest BCUT2D eigenvalue weighted by molar-refractivity contribution is 7.99. The van der Waals surface area contributed by atoms with E-state index < -0.39 is 0 Å². The predicted molar refractivity (Wildman–Crippen MR) is 99.9 cm³/mol. The van der Waals surface area contributed by atoms with Crippen LogP contribution in [0.15, 0.2) is 35.4 Å². The fraction of sp³-hybridized carbons (Fsp3) is 0.368. The van der Waals surface area contributed by atoms with E-state index in [4.69, 9.17) is 0 Å².